The Labute approximate surface area is 164 Å². The van der Waals surface area contributed by atoms with Crippen molar-refractivity contribution in [3.8, 4) is 17.2 Å². The largest absolute Gasteiger partial charge is 0.497 e. The van der Waals surface area contributed by atoms with Crippen LogP contribution in [0.4, 0.5) is 0 Å². The third-order valence-corrected chi connectivity index (χ3v) is 5.49. The quantitative estimate of drug-likeness (QED) is 0.560. The van der Waals surface area contributed by atoms with E-state index in [0.717, 1.165) is 10.9 Å². The molecule has 0 aliphatic heterocycles. The predicted molar refractivity (Wildman–Crippen MR) is 108 cm³/mol. The average molecular weight is 401 g/mol. The van der Waals surface area contributed by atoms with E-state index in [9.17, 15) is 9.32 Å². The van der Waals surface area contributed by atoms with Crippen molar-refractivity contribution in [2.45, 2.75) is 24.3 Å². The van der Waals surface area contributed by atoms with Gasteiger partial charge in [-0.05, 0) is 56.3 Å². The average Bonchev–Trinajstić information content (AvgIpc) is 2.66. The summed E-state index contributed by atoms with van der Waals surface area (Å²) in [6.45, 7) is 3.21. The number of nitrogens with one attached hydrogen (secondary N) is 2. The molecular formula is C20H23N3O4S. The summed E-state index contributed by atoms with van der Waals surface area (Å²) in [4.78, 5) is 4.64. The number of pyridine rings is 1. The van der Waals surface area contributed by atoms with Gasteiger partial charge in [-0.2, -0.15) is 0 Å². The van der Waals surface area contributed by atoms with E-state index in [4.69, 9.17) is 14.3 Å². The number of fused-ring (bicyclic) bond motifs is 1. The summed E-state index contributed by atoms with van der Waals surface area (Å²) in [5.41, 5.74) is -0.309. The van der Waals surface area contributed by atoms with Crippen LogP contribution in [0.5, 0.6) is 17.2 Å². The zero-order chi connectivity index (χ0) is 20.4. The Morgan fingerprint density at radius 1 is 1.14 bits per heavy atom. The fraction of sp³-hybridized carbons (Fsp3) is 0.250. The summed E-state index contributed by atoms with van der Waals surface area (Å²) < 4.78 is 34.3. The van der Waals surface area contributed by atoms with Crippen LogP contribution in [0.25, 0.3) is 10.9 Å². The number of aromatic nitrogens is 1. The zero-order valence-electron chi connectivity index (χ0n) is 15.9. The van der Waals surface area contributed by atoms with Gasteiger partial charge in [0.05, 0.1) is 23.1 Å². The van der Waals surface area contributed by atoms with Gasteiger partial charge < -0.3 is 14.6 Å². The molecule has 148 valence electrons. The SMILES string of the molecule is COc1ccc2c(Oc3ccc([S@](=N)(=O)NCC(C)(C)O)cc3)ccnc2c1. The standard InChI is InChI=1S/C20H23N3O4S/c1-20(2,24)13-23-28(21,25)16-7-4-14(5-8-16)27-19-10-11-22-18-12-15(26-3)6-9-17(18)19/h4-12,24H,13H2,1-3H3,(H2,21,23,25)/t28-/m1/s1. The van der Waals surface area contributed by atoms with Crippen molar-refractivity contribution in [3.05, 3.63) is 54.7 Å². The van der Waals surface area contributed by atoms with Crippen LogP contribution < -0.4 is 14.2 Å². The summed E-state index contributed by atoms with van der Waals surface area (Å²) in [5, 5.41) is 10.6. The lowest BCUT2D eigenvalue weighted by molar-refractivity contribution is 0.0859. The van der Waals surface area contributed by atoms with Crippen molar-refractivity contribution >= 4 is 20.8 Å². The fourth-order valence-corrected chi connectivity index (χ4v) is 3.75. The molecule has 1 atom stereocenters. The van der Waals surface area contributed by atoms with Gasteiger partial charge in [-0.1, -0.05) is 0 Å². The molecule has 0 bridgehead atoms. The molecule has 3 rings (SSSR count). The maximum absolute atomic E-state index is 12.5. The minimum atomic E-state index is -3.21. The van der Waals surface area contributed by atoms with Crippen LogP contribution >= 0.6 is 0 Å². The Balaban J connectivity index is 1.80. The van der Waals surface area contributed by atoms with E-state index in [1.54, 1.807) is 57.5 Å². The number of hydrogen-bond donors (Lipinski definition) is 3. The predicted octanol–water partition coefficient (Wildman–Crippen LogP) is 3.72. The lowest BCUT2D eigenvalue weighted by Gasteiger charge is -2.19. The smallest absolute Gasteiger partial charge is 0.138 e. The molecule has 0 aliphatic carbocycles. The van der Waals surface area contributed by atoms with Crippen LogP contribution in [0.1, 0.15) is 13.8 Å². The summed E-state index contributed by atoms with van der Waals surface area (Å²) in [6, 6.07) is 13.8. The number of benzene rings is 2. The molecule has 0 saturated carbocycles. The Morgan fingerprint density at radius 2 is 1.82 bits per heavy atom. The van der Waals surface area contributed by atoms with Crippen LogP contribution in [0.15, 0.2) is 59.6 Å². The Morgan fingerprint density at radius 3 is 2.46 bits per heavy atom. The van der Waals surface area contributed by atoms with E-state index in [1.165, 1.54) is 0 Å². The van der Waals surface area contributed by atoms with E-state index < -0.39 is 15.5 Å². The van der Waals surface area contributed by atoms with Gasteiger partial charge in [-0.25, -0.2) is 13.7 Å². The van der Waals surface area contributed by atoms with Crippen LogP contribution in [-0.4, -0.2) is 33.6 Å². The van der Waals surface area contributed by atoms with Crippen molar-refractivity contribution in [3.63, 3.8) is 0 Å². The topological polar surface area (TPSA) is 105 Å². The van der Waals surface area contributed by atoms with E-state index >= 15 is 0 Å². The Hall–Kier alpha value is -2.68. The normalized spacial score (nSPS) is 13.9. The molecule has 1 heterocycles. The second-order valence-corrected chi connectivity index (χ2v) is 8.83. The second-order valence-electron chi connectivity index (χ2n) is 6.96. The molecule has 1 aromatic heterocycles. The molecular weight excluding hydrogens is 378 g/mol. The van der Waals surface area contributed by atoms with Crippen molar-refractivity contribution in [2.24, 2.45) is 0 Å². The highest BCUT2D eigenvalue weighted by atomic mass is 32.2. The molecule has 0 unspecified atom stereocenters. The van der Waals surface area contributed by atoms with E-state index in [-0.39, 0.29) is 6.54 Å². The Bertz CT molecular complexity index is 1070. The van der Waals surface area contributed by atoms with Crippen molar-refractivity contribution in [2.75, 3.05) is 13.7 Å². The van der Waals surface area contributed by atoms with Crippen LogP contribution in [-0.2, 0) is 9.92 Å². The fourth-order valence-electron chi connectivity index (χ4n) is 2.51. The van der Waals surface area contributed by atoms with Gasteiger partial charge in [0.15, 0.2) is 0 Å². The summed E-state index contributed by atoms with van der Waals surface area (Å²) in [7, 11) is -1.61. The highest BCUT2D eigenvalue weighted by molar-refractivity contribution is 7.90. The van der Waals surface area contributed by atoms with Gasteiger partial charge in [-0.3, -0.25) is 4.98 Å². The minimum Gasteiger partial charge on any atom is -0.497 e. The van der Waals surface area contributed by atoms with Crippen LogP contribution in [0.3, 0.4) is 0 Å². The summed E-state index contributed by atoms with van der Waals surface area (Å²) in [5.74, 6) is 1.89. The molecule has 0 saturated heterocycles. The summed E-state index contributed by atoms with van der Waals surface area (Å²) in [6.07, 6.45) is 1.66. The molecule has 0 fully saturated rings. The van der Waals surface area contributed by atoms with Crippen LogP contribution in [0.2, 0.25) is 0 Å². The number of methoxy groups -OCH3 is 1. The van der Waals surface area contributed by atoms with Crippen molar-refractivity contribution in [1.29, 1.82) is 4.78 Å². The third kappa shape index (κ3) is 4.78. The lowest BCUT2D eigenvalue weighted by atomic mass is 10.1. The molecule has 0 radical (unpaired) electrons. The molecule has 0 amide bonds. The van der Waals surface area contributed by atoms with Gasteiger partial charge in [0.1, 0.15) is 27.2 Å². The van der Waals surface area contributed by atoms with E-state index in [2.05, 4.69) is 9.71 Å². The first-order valence-corrected chi connectivity index (χ1v) is 10.2. The minimum absolute atomic E-state index is 0.0417. The molecule has 2 aromatic carbocycles. The van der Waals surface area contributed by atoms with Gasteiger partial charge in [-0.15, -0.1) is 0 Å². The van der Waals surface area contributed by atoms with Gasteiger partial charge in [0.2, 0.25) is 0 Å². The number of nitrogens with zero attached hydrogens (tertiary/aromatic N) is 1. The lowest BCUT2D eigenvalue weighted by Crippen LogP contribution is -2.37. The highest BCUT2D eigenvalue weighted by Gasteiger charge is 2.17. The zero-order valence-corrected chi connectivity index (χ0v) is 16.7. The maximum atomic E-state index is 12.5. The highest BCUT2D eigenvalue weighted by Crippen LogP contribution is 2.31. The monoisotopic (exact) mass is 401 g/mol. The Kier molecular flexibility index (Phi) is 5.55. The van der Waals surface area contributed by atoms with E-state index in [0.29, 0.717) is 22.1 Å². The van der Waals surface area contributed by atoms with Crippen molar-refractivity contribution in [1.82, 2.24) is 9.71 Å². The van der Waals surface area contributed by atoms with Gasteiger partial charge in [0, 0.05) is 24.2 Å². The molecule has 28 heavy (non-hydrogen) atoms. The molecule has 3 N–H and O–H groups in total. The number of hydrogen-bond acceptors (Lipinski definition) is 6. The summed E-state index contributed by atoms with van der Waals surface area (Å²) >= 11 is 0. The van der Waals surface area contributed by atoms with Gasteiger partial charge in [0.25, 0.3) is 0 Å². The molecule has 8 heteroatoms. The number of aliphatic hydroxyl groups is 1. The van der Waals surface area contributed by atoms with E-state index in [1.807, 2.05) is 18.2 Å². The molecule has 0 spiro atoms. The number of ether oxygens (including phenoxy) is 2. The maximum Gasteiger partial charge on any atom is 0.138 e. The van der Waals surface area contributed by atoms with Crippen LogP contribution in [0, 0.1) is 4.78 Å². The first kappa shape index (κ1) is 20.1. The molecule has 3 aromatic rings. The first-order chi connectivity index (χ1) is 13.2. The van der Waals surface area contributed by atoms with Crippen molar-refractivity contribution < 1.29 is 18.8 Å². The molecule has 7 nitrogen and oxygen atoms in total. The second kappa shape index (κ2) is 7.75. The van der Waals surface area contributed by atoms with Gasteiger partial charge >= 0.3 is 0 Å². The molecule has 0 aliphatic rings. The number of rotatable bonds is 7. The third-order valence-electron chi connectivity index (χ3n) is 4.00. The first-order valence-electron chi connectivity index (χ1n) is 8.64.